The van der Waals surface area contributed by atoms with Crippen LogP contribution in [-0.2, 0) is 0 Å². The summed E-state index contributed by atoms with van der Waals surface area (Å²) < 4.78 is 5.22. The van der Waals surface area contributed by atoms with Crippen LogP contribution in [0.4, 0.5) is 11.4 Å². The molecule has 1 heterocycles. The molecule has 2 rings (SSSR count). The minimum atomic E-state index is -0.319. The molecule has 0 saturated carbocycles. The Morgan fingerprint density at radius 3 is 2.80 bits per heavy atom. The van der Waals surface area contributed by atoms with Crippen molar-refractivity contribution in [2.24, 2.45) is 0 Å². The Morgan fingerprint density at radius 1 is 1.40 bits per heavy atom. The van der Waals surface area contributed by atoms with Crippen LogP contribution >= 0.6 is 11.6 Å². The van der Waals surface area contributed by atoms with Gasteiger partial charge in [0.1, 0.15) is 0 Å². The molecular formula is C14H14ClN3O2. The van der Waals surface area contributed by atoms with Crippen LogP contribution in [0.3, 0.4) is 0 Å². The molecule has 0 aliphatic rings. The number of pyridine rings is 1. The summed E-state index contributed by atoms with van der Waals surface area (Å²) in [5, 5.41) is 3.01. The fraction of sp³-hybridized carbons (Fsp3) is 0.143. The van der Waals surface area contributed by atoms with E-state index in [-0.39, 0.29) is 5.91 Å². The van der Waals surface area contributed by atoms with Crippen LogP contribution in [0.2, 0.25) is 5.02 Å². The molecule has 0 saturated heterocycles. The highest BCUT2D eigenvalue weighted by Gasteiger charge is 2.11. The Morgan fingerprint density at radius 2 is 2.20 bits per heavy atom. The van der Waals surface area contributed by atoms with Gasteiger partial charge in [0.2, 0.25) is 5.88 Å². The van der Waals surface area contributed by atoms with Crippen LogP contribution in [0.25, 0.3) is 0 Å². The molecule has 104 valence electrons. The molecule has 1 aromatic carbocycles. The zero-order valence-electron chi connectivity index (χ0n) is 10.9. The molecule has 2 aromatic rings. The molecule has 5 nitrogen and oxygen atoms in total. The third-order valence-electron chi connectivity index (χ3n) is 2.52. The van der Waals surface area contributed by atoms with E-state index in [0.29, 0.717) is 34.4 Å². The molecule has 6 heteroatoms. The van der Waals surface area contributed by atoms with E-state index in [9.17, 15) is 4.79 Å². The maximum Gasteiger partial charge on any atom is 0.257 e. The first-order chi connectivity index (χ1) is 9.60. The summed E-state index contributed by atoms with van der Waals surface area (Å²) in [5.74, 6) is 0.192. The Bertz CT molecular complexity index is 614. The smallest absolute Gasteiger partial charge is 0.257 e. The number of ether oxygens (including phenoxy) is 1. The minimum Gasteiger partial charge on any atom is -0.478 e. The van der Waals surface area contributed by atoms with Gasteiger partial charge in [-0.05, 0) is 31.2 Å². The van der Waals surface area contributed by atoms with Gasteiger partial charge < -0.3 is 15.8 Å². The summed E-state index contributed by atoms with van der Waals surface area (Å²) in [4.78, 5) is 16.1. The molecule has 0 spiro atoms. The zero-order valence-corrected chi connectivity index (χ0v) is 11.6. The Labute approximate surface area is 121 Å². The Balaban J connectivity index is 2.11. The molecule has 0 bridgehead atoms. The summed E-state index contributed by atoms with van der Waals surface area (Å²) in [6.45, 7) is 2.42. The number of hydrogen-bond donors (Lipinski definition) is 2. The van der Waals surface area contributed by atoms with Gasteiger partial charge in [-0.25, -0.2) is 4.98 Å². The van der Waals surface area contributed by atoms with Crippen LogP contribution in [0.15, 0.2) is 36.5 Å². The summed E-state index contributed by atoms with van der Waals surface area (Å²) in [7, 11) is 0. The predicted molar refractivity (Wildman–Crippen MR) is 79.2 cm³/mol. The molecule has 0 unspecified atom stereocenters. The lowest BCUT2D eigenvalue weighted by molar-refractivity contribution is 0.102. The number of nitrogen functional groups attached to an aromatic ring is 1. The van der Waals surface area contributed by atoms with Gasteiger partial charge in [-0.15, -0.1) is 0 Å². The van der Waals surface area contributed by atoms with E-state index in [4.69, 9.17) is 22.1 Å². The van der Waals surface area contributed by atoms with E-state index in [1.807, 2.05) is 6.92 Å². The third kappa shape index (κ3) is 3.39. The van der Waals surface area contributed by atoms with Gasteiger partial charge >= 0.3 is 0 Å². The van der Waals surface area contributed by atoms with Crippen molar-refractivity contribution in [2.75, 3.05) is 17.7 Å². The first kappa shape index (κ1) is 14.1. The first-order valence-electron chi connectivity index (χ1n) is 6.05. The van der Waals surface area contributed by atoms with Crippen molar-refractivity contribution in [3.05, 3.63) is 47.1 Å². The molecule has 1 amide bonds. The number of amides is 1. The quantitative estimate of drug-likeness (QED) is 0.849. The van der Waals surface area contributed by atoms with Crippen LogP contribution in [0.5, 0.6) is 5.88 Å². The average molecular weight is 292 g/mol. The summed E-state index contributed by atoms with van der Waals surface area (Å²) >= 11 is 5.98. The molecular weight excluding hydrogens is 278 g/mol. The lowest BCUT2D eigenvalue weighted by atomic mass is 10.2. The maximum atomic E-state index is 12.1. The highest BCUT2D eigenvalue weighted by atomic mass is 35.5. The summed E-state index contributed by atoms with van der Waals surface area (Å²) in [6.07, 6.45) is 1.52. The number of anilines is 2. The molecule has 3 N–H and O–H groups in total. The molecule has 0 aliphatic carbocycles. The highest BCUT2D eigenvalue weighted by molar-refractivity contribution is 6.34. The zero-order chi connectivity index (χ0) is 14.5. The monoisotopic (exact) mass is 291 g/mol. The van der Waals surface area contributed by atoms with Crippen molar-refractivity contribution in [1.29, 1.82) is 0 Å². The van der Waals surface area contributed by atoms with Crippen LogP contribution in [-0.4, -0.2) is 17.5 Å². The fourth-order valence-corrected chi connectivity index (χ4v) is 1.88. The number of halogens is 1. The second kappa shape index (κ2) is 6.25. The lowest BCUT2D eigenvalue weighted by Gasteiger charge is -2.08. The van der Waals surface area contributed by atoms with Crippen molar-refractivity contribution < 1.29 is 9.53 Å². The summed E-state index contributed by atoms with van der Waals surface area (Å²) in [5.41, 5.74) is 7.01. The van der Waals surface area contributed by atoms with Crippen LogP contribution in [0.1, 0.15) is 17.3 Å². The normalized spacial score (nSPS) is 10.1. The number of carbonyl (C=O) groups is 1. The SMILES string of the molecule is CCOc1ccc(NC(=O)c2ccc(N)cc2Cl)cn1. The number of aromatic nitrogens is 1. The number of nitrogens with one attached hydrogen (secondary N) is 1. The molecule has 0 fully saturated rings. The Kier molecular flexibility index (Phi) is 4.42. The molecule has 20 heavy (non-hydrogen) atoms. The van der Waals surface area contributed by atoms with E-state index in [2.05, 4.69) is 10.3 Å². The number of nitrogens with two attached hydrogens (primary N) is 1. The standard InChI is InChI=1S/C14H14ClN3O2/c1-2-20-13-6-4-10(8-17-13)18-14(19)11-5-3-9(16)7-12(11)15/h3-8H,2,16H2,1H3,(H,18,19). The van der Waals surface area contributed by atoms with E-state index >= 15 is 0 Å². The van der Waals surface area contributed by atoms with Gasteiger partial charge in [-0.2, -0.15) is 0 Å². The minimum absolute atomic E-state index is 0.307. The second-order valence-corrected chi connectivity index (χ2v) is 4.42. The van der Waals surface area contributed by atoms with Gasteiger partial charge in [-0.1, -0.05) is 11.6 Å². The number of hydrogen-bond acceptors (Lipinski definition) is 4. The largest absolute Gasteiger partial charge is 0.478 e. The number of nitrogens with zero attached hydrogens (tertiary/aromatic N) is 1. The average Bonchev–Trinajstić information content (AvgIpc) is 2.41. The molecule has 0 aliphatic heterocycles. The van der Waals surface area contributed by atoms with Gasteiger partial charge in [0, 0.05) is 11.8 Å². The highest BCUT2D eigenvalue weighted by Crippen LogP contribution is 2.20. The Hall–Kier alpha value is -2.27. The van der Waals surface area contributed by atoms with Crippen molar-refractivity contribution in [3.8, 4) is 5.88 Å². The van der Waals surface area contributed by atoms with Crippen LogP contribution < -0.4 is 15.8 Å². The summed E-state index contributed by atoms with van der Waals surface area (Å²) in [6, 6.07) is 8.13. The molecule has 1 aromatic heterocycles. The number of carbonyl (C=O) groups excluding carboxylic acids is 1. The number of benzene rings is 1. The topological polar surface area (TPSA) is 77.2 Å². The van der Waals surface area contributed by atoms with Crippen LogP contribution in [0, 0.1) is 0 Å². The van der Waals surface area contributed by atoms with E-state index < -0.39 is 0 Å². The third-order valence-corrected chi connectivity index (χ3v) is 2.84. The van der Waals surface area contributed by atoms with Gasteiger partial charge in [0.15, 0.2) is 0 Å². The van der Waals surface area contributed by atoms with E-state index in [1.54, 1.807) is 24.3 Å². The van der Waals surface area contributed by atoms with Gasteiger partial charge in [0.25, 0.3) is 5.91 Å². The van der Waals surface area contributed by atoms with Gasteiger partial charge in [0.05, 0.1) is 29.1 Å². The van der Waals surface area contributed by atoms with Crippen molar-refractivity contribution in [1.82, 2.24) is 4.98 Å². The van der Waals surface area contributed by atoms with E-state index in [1.165, 1.54) is 12.3 Å². The van der Waals surface area contributed by atoms with Crippen molar-refractivity contribution in [2.45, 2.75) is 6.92 Å². The van der Waals surface area contributed by atoms with Crippen molar-refractivity contribution in [3.63, 3.8) is 0 Å². The fourth-order valence-electron chi connectivity index (χ4n) is 1.60. The molecule has 0 atom stereocenters. The van der Waals surface area contributed by atoms with Crippen molar-refractivity contribution >= 4 is 28.9 Å². The second-order valence-electron chi connectivity index (χ2n) is 4.01. The maximum absolute atomic E-state index is 12.1. The number of rotatable bonds is 4. The lowest BCUT2D eigenvalue weighted by Crippen LogP contribution is -2.12. The first-order valence-corrected chi connectivity index (χ1v) is 6.43. The van der Waals surface area contributed by atoms with Gasteiger partial charge in [-0.3, -0.25) is 4.79 Å². The molecule has 0 radical (unpaired) electrons. The van der Waals surface area contributed by atoms with E-state index in [0.717, 1.165) is 0 Å². The predicted octanol–water partition coefficient (Wildman–Crippen LogP) is 2.97.